The van der Waals surface area contributed by atoms with E-state index in [2.05, 4.69) is 17.2 Å². The van der Waals surface area contributed by atoms with Crippen LogP contribution >= 0.6 is 23.2 Å². The number of benzene rings is 1. The van der Waals surface area contributed by atoms with E-state index in [1.165, 1.54) is 0 Å². The number of carbonyl (C=O) groups is 1. The Morgan fingerprint density at radius 1 is 1.35 bits per heavy atom. The first kappa shape index (κ1) is 15.0. The minimum atomic E-state index is 0.406. The number of nitrogens with zero attached hydrogens (tertiary/aromatic N) is 3. The maximum atomic E-state index is 11.0. The van der Waals surface area contributed by atoms with E-state index in [-0.39, 0.29) is 0 Å². The molecular formula is C14H15Cl2N3O. The quantitative estimate of drug-likeness (QED) is 0.763. The fraction of sp³-hybridized carbons (Fsp3) is 0.357. The molecule has 2 aromatic rings. The Morgan fingerprint density at radius 3 is 2.80 bits per heavy atom. The summed E-state index contributed by atoms with van der Waals surface area (Å²) in [5, 5.41) is 9.13. The molecule has 0 radical (unpaired) electrons. The number of unbranched alkanes of at least 4 members (excludes halogenated alkanes) is 1. The first-order valence-corrected chi connectivity index (χ1v) is 7.22. The predicted molar refractivity (Wildman–Crippen MR) is 79.6 cm³/mol. The van der Waals surface area contributed by atoms with Gasteiger partial charge in [-0.25, -0.2) is 4.68 Å². The van der Waals surface area contributed by atoms with E-state index in [1.54, 1.807) is 16.8 Å². The molecule has 0 bridgehead atoms. The fourth-order valence-electron chi connectivity index (χ4n) is 1.98. The summed E-state index contributed by atoms with van der Waals surface area (Å²) in [7, 11) is 0. The lowest BCUT2D eigenvalue weighted by Gasteiger charge is -2.08. The summed E-state index contributed by atoms with van der Waals surface area (Å²) < 4.78 is 1.73. The van der Waals surface area contributed by atoms with Gasteiger partial charge in [0.2, 0.25) is 0 Å². The Labute approximate surface area is 127 Å². The molecule has 0 spiro atoms. The Hall–Kier alpha value is -1.39. The normalized spacial score (nSPS) is 10.8. The zero-order valence-electron chi connectivity index (χ0n) is 11.1. The molecule has 0 amide bonds. The minimum Gasteiger partial charge on any atom is -0.296 e. The van der Waals surface area contributed by atoms with Crippen molar-refractivity contribution in [1.82, 2.24) is 15.0 Å². The summed E-state index contributed by atoms with van der Waals surface area (Å²) in [5.74, 6) is 0. The molecule has 0 saturated carbocycles. The Bertz CT molecular complexity index is 610. The maximum Gasteiger partial charge on any atom is 0.172 e. The van der Waals surface area contributed by atoms with E-state index in [4.69, 9.17) is 23.2 Å². The minimum absolute atomic E-state index is 0.406. The van der Waals surface area contributed by atoms with Crippen molar-refractivity contribution in [3.63, 3.8) is 0 Å². The highest BCUT2D eigenvalue weighted by Crippen LogP contribution is 2.22. The monoisotopic (exact) mass is 311 g/mol. The zero-order chi connectivity index (χ0) is 14.5. The topological polar surface area (TPSA) is 47.8 Å². The first-order chi connectivity index (χ1) is 9.65. The molecule has 2 rings (SSSR count). The van der Waals surface area contributed by atoms with Gasteiger partial charge in [-0.3, -0.25) is 4.79 Å². The summed E-state index contributed by atoms with van der Waals surface area (Å²) in [6.45, 7) is 2.58. The highest BCUT2D eigenvalue weighted by molar-refractivity contribution is 6.35. The largest absolute Gasteiger partial charge is 0.296 e. The Balaban J connectivity index is 2.28. The van der Waals surface area contributed by atoms with Gasteiger partial charge in [0.25, 0.3) is 0 Å². The molecule has 106 valence electrons. The van der Waals surface area contributed by atoms with E-state index in [0.717, 1.165) is 36.8 Å². The first-order valence-electron chi connectivity index (χ1n) is 6.47. The lowest BCUT2D eigenvalue weighted by Crippen LogP contribution is -2.08. The summed E-state index contributed by atoms with van der Waals surface area (Å²) in [5.41, 5.74) is 2.16. The third kappa shape index (κ3) is 3.38. The molecule has 0 aliphatic heterocycles. The van der Waals surface area contributed by atoms with Gasteiger partial charge in [0.05, 0.1) is 12.2 Å². The molecule has 0 N–H and O–H groups in total. The van der Waals surface area contributed by atoms with Crippen molar-refractivity contribution < 1.29 is 4.79 Å². The van der Waals surface area contributed by atoms with Gasteiger partial charge < -0.3 is 0 Å². The number of aldehydes is 1. The average molecular weight is 312 g/mol. The Morgan fingerprint density at radius 2 is 2.15 bits per heavy atom. The molecule has 6 heteroatoms. The summed E-state index contributed by atoms with van der Waals surface area (Å²) in [4.78, 5) is 11.0. The highest BCUT2D eigenvalue weighted by Gasteiger charge is 2.13. The van der Waals surface area contributed by atoms with Crippen LogP contribution in [0.15, 0.2) is 18.2 Å². The second-order valence-corrected chi connectivity index (χ2v) is 5.38. The van der Waals surface area contributed by atoms with E-state index in [9.17, 15) is 4.79 Å². The molecule has 1 aromatic carbocycles. The lowest BCUT2D eigenvalue weighted by atomic mass is 10.1. The molecule has 4 nitrogen and oxygen atoms in total. The van der Waals surface area contributed by atoms with E-state index < -0.39 is 0 Å². The Kier molecular flexibility index (Phi) is 5.15. The number of aromatic nitrogens is 3. The number of carbonyl (C=O) groups excluding carboxylic acids is 1. The predicted octanol–water partition coefficient (Wildman–Crippen LogP) is 3.79. The van der Waals surface area contributed by atoms with E-state index in [1.807, 2.05) is 6.07 Å². The summed E-state index contributed by atoms with van der Waals surface area (Å²) in [6, 6.07) is 5.34. The molecular weight excluding hydrogens is 297 g/mol. The van der Waals surface area contributed by atoms with Crippen LogP contribution in [0, 0.1) is 0 Å². The van der Waals surface area contributed by atoms with Crippen LogP contribution < -0.4 is 0 Å². The molecule has 0 saturated heterocycles. The zero-order valence-corrected chi connectivity index (χ0v) is 12.7. The SMILES string of the molecule is CCCCc1c(C=O)nnn1Cc1ccc(Cl)cc1Cl. The highest BCUT2D eigenvalue weighted by atomic mass is 35.5. The summed E-state index contributed by atoms with van der Waals surface area (Å²) >= 11 is 12.0. The van der Waals surface area contributed by atoms with Crippen molar-refractivity contribution in [2.45, 2.75) is 32.7 Å². The standard InChI is InChI=1S/C14H15Cl2N3O/c1-2-3-4-14-13(9-20)17-18-19(14)8-10-5-6-11(15)7-12(10)16/h5-7,9H,2-4,8H2,1H3. The molecule has 1 heterocycles. The van der Waals surface area contributed by atoms with E-state index in [0.29, 0.717) is 22.3 Å². The molecule has 20 heavy (non-hydrogen) atoms. The number of hydrogen-bond acceptors (Lipinski definition) is 3. The average Bonchev–Trinajstić information content (AvgIpc) is 2.81. The number of hydrogen-bond donors (Lipinski definition) is 0. The van der Waals surface area contributed by atoms with Gasteiger partial charge >= 0.3 is 0 Å². The van der Waals surface area contributed by atoms with Gasteiger partial charge in [-0.15, -0.1) is 5.10 Å². The van der Waals surface area contributed by atoms with E-state index >= 15 is 0 Å². The van der Waals surface area contributed by atoms with Crippen LogP contribution in [0.5, 0.6) is 0 Å². The van der Waals surface area contributed by atoms with Crippen molar-refractivity contribution in [3.8, 4) is 0 Å². The van der Waals surface area contributed by atoms with Crippen molar-refractivity contribution >= 4 is 29.5 Å². The van der Waals surface area contributed by atoms with Crippen molar-refractivity contribution in [2.24, 2.45) is 0 Å². The molecule has 1 aromatic heterocycles. The van der Waals surface area contributed by atoms with Gasteiger partial charge in [0.1, 0.15) is 5.69 Å². The second-order valence-electron chi connectivity index (χ2n) is 4.54. The third-order valence-electron chi connectivity index (χ3n) is 3.08. The molecule has 0 atom stereocenters. The van der Waals surface area contributed by atoms with Crippen LogP contribution in [0.1, 0.15) is 41.5 Å². The number of halogens is 2. The fourth-order valence-corrected chi connectivity index (χ4v) is 2.45. The van der Waals surface area contributed by atoms with Crippen LogP contribution in [0.3, 0.4) is 0 Å². The molecule has 0 unspecified atom stereocenters. The van der Waals surface area contributed by atoms with Crippen LogP contribution in [0.2, 0.25) is 10.0 Å². The van der Waals surface area contributed by atoms with Crippen LogP contribution in [-0.4, -0.2) is 21.3 Å². The third-order valence-corrected chi connectivity index (χ3v) is 3.67. The van der Waals surface area contributed by atoms with Crippen molar-refractivity contribution in [1.29, 1.82) is 0 Å². The molecule has 0 aliphatic rings. The maximum absolute atomic E-state index is 11.0. The van der Waals surface area contributed by atoms with Gasteiger partial charge in [-0.2, -0.15) is 0 Å². The van der Waals surface area contributed by atoms with Gasteiger partial charge in [-0.05, 0) is 30.5 Å². The van der Waals surface area contributed by atoms with Gasteiger partial charge in [0.15, 0.2) is 6.29 Å². The van der Waals surface area contributed by atoms with Crippen molar-refractivity contribution in [2.75, 3.05) is 0 Å². The second kappa shape index (κ2) is 6.86. The number of rotatable bonds is 6. The van der Waals surface area contributed by atoms with Crippen LogP contribution in [0.25, 0.3) is 0 Å². The van der Waals surface area contributed by atoms with Crippen LogP contribution in [0.4, 0.5) is 0 Å². The molecule has 0 aliphatic carbocycles. The van der Waals surface area contributed by atoms with Crippen LogP contribution in [-0.2, 0) is 13.0 Å². The molecule has 0 fully saturated rings. The van der Waals surface area contributed by atoms with Crippen molar-refractivity contribution in [3.05, 3.63) is 45.2 Å². The summed E-state index contributed by atoms with van der Waals surface area (Å²) in [6.07, 6.45) is 3.56. The smallest absolute Gasteiger partial charge is 0.172 e. The van der Waals surface area contributed by atoms with Gasteiger partial charge in [0, 0.05) is 10.0 Å². The lowest BCUT2D eigenvalue weighted by molar-refractivity contribution is 0.111. The van der Waals surface area contributed by atoms with Gasteiger partial charge in [-0.1, -0.05) is 47.8 Å².